The molecule has 0 bridgehead atoms. The number of hydrazine groups is 1. The first-order valence-electron chi connectivity index (χ1n) is 9.37. The van der Waals surface area contributed by atoms with Crippen LogP contribution in [-0.2, 0) is 9.59 Å². The van der Waals surface area contributed by atoms with Crippen LogP contribution in [0.25, 0.3) is 0 Å². The van der Waals surface area contributed by atoms with E-state index in [0.717, 1.165) is 25.7 Å². The zero-order valence-electron chi connectivity index (χ0n) is 16.1. The van der Waals surface area contributed by atoms with E-state index in [-0.39, 0.29) is 43.0 Å². The van der Waals surface area contributed by atoms with E-state index >= 15 is 0 Å². The van der Waals surface area contributed by atoms with Crippen molar-refractivity contribution in [1.29, 1.82) is 0 Å². The average molecular weight is 433 g/mol. The smallest absolute Gasteiger partial charge is 0.243 e. The van der Waals surface area contributed by atoms with Crippen LogP contribution in [0.5, 0.6) is 0 Å². The molecule has 1 atom stereocenters. The molecule has 0 saturated heterocycles. The van der Waals surface area contributed by atoms with Crippen molar-refractivity contribution >= 4 is 35.6 Å². The van der Waals surface area contributed by atoms with Gasteiger partial charge in [-0.15, -0.1) is 0 Å². The lowest BCUT2D eigenvalue weighted by atomic mass is 9.92. The van der Waals surface area contributed by atoms with Gasteiger partial charge in [-0.05, 0) is 23.9 Å². The number of likely N-dealkylation sites (N-methyl/N-ethyl adjacent to an activating group) is 1. The van der Waals surface area contributed by atoms with Gasteiger partial charge in [0.25, 0.3) is 0 Å². The minimum absolute atomic E-state index is 0.123. The second-order valence-corrected chi connectivity index (χ2v) is 7.39. The summed E-state index contributed by atoms with van der Waals surface area (Å²) in [6.07, 6.45) is 4.87. The van der Waals surface area contributed by atoms with Crippen molar-refractivity contribution < 1.29 is 24.3 Å². The van der Waals surface area contributed by atoms with Crippen LogP contribution in [0, 0.1) is 17.7 Å². The van der Waals surface area contributed by atoms with Crippen LogP contribution in [0.15, 0.2) is 0 Å². The van der Waals surface area contributed by atoms with Gasteiger partial charge in [-0.3, -0.25) is 25.6 Å². The number of hydrogen-bond acceptors (Lipinski definition) is 8. The molecule has 0 unspecified atom stereocenters. The predicted molar refractivity (Wildman–Crippen MR) is 104 cm³/mol. The number of hydroxylamine groups is 2. The normalized spacial score (nSPS) is 15.1. The maximum atomic E-state index is 14.7. The summed E-state index contributed by atoms with van der Waals surface area (Å²) in [5, 5.41) is 18.7. The Morgan fingerprint density at radius 3 is 2.72 bits per heavy atom. The third-order valence-corrected chi connectivity index (χ3v) is 5.07. The van der Waals surface area contributed by atoms with Crippen molar-refractivity contribution in [2.75, 3.05) is 37.1 Å². The van der Waals surface area contributed by atoms with Gasteiger partial charge in [0.05, 0.1) is 19.1 Å². The van der Waals surface area contributed by atoms with E-state index in [0.29, 0.717) is 17.4 Å². The molecule has 0 aliphatic heterocycles. The minimum atomic E-state index is -0.852. The topological polar surface area (TPSA) is 131 Å². The highest BCUT2D eigenvalue weighted by Crippen LogP contribution is 2.30. The molecule has 1 aromatic rings. The van der Waals surface area contributed by atoms with E-state index in [2.05, 4.69) is 20.8 Å². The molecular formula is C17H26ClFN6O4. The second-order valence-electron chi connectivity index (χ2n) is 7.05. The van der Waals surface area contributed by atoms with Crippen molar-refractivity contribution in [1.82, 2.24) is 20.5 Å². The van der Waals surface area contributed by atoms with Crippen molar-refractivity contribution in [2.45, 2.75) is 32.1 Å². The van der Waals surface area contributed by atoms with Crippen molar-refractivity contribution in [3.05, 3.63) is 11.1 Å². The van der Waals surface area contributed by atoms with E-state index in [1.165, 1.54) is 11.9 Å². The molecule has 0 aromatic carbocycles. The number of rotatable bonds is 11. The first-order chi connectivity index (χ1) is 13.8. The summed E-state index contributed by atoms with van der Waals surface area (Å²) < 4.78 is 14.7. The SMILES string of the molecule is CN(CCO)c1nc(Cl)nc(NNC(=O)[C@H](CC2CCCC2)CN(O)C=O)c1F. The van der Waals surface area contributed by atoms with E-state index in [9.17, 15) is 19.2 Å². The molecule has 162 valence electrons. The van der Waals surface area contributed by atoms with Gasteiger partial charge in [0.2, 0.25) is 23.4 Å². The number of aliphatic hydroxyl groups excluding tert-OH is 1. The van der Waals surface area contributed by atoms with Gasteiger partial charge in [0.15, 0.2) is 11.6 Å². The lowest BCUT2D eigenvalue weighted by Crippen LogP contribution is -2.41. The van der Waals surface area contributed by atoms with Gasteiger partial charge in [-0.2, -0.15) is 14.4 Å². The van der Waals surface area contributed by atoms with Crippen molar-refractivity contribution in [3.8, 4) is 0 Å². The van der Waals surface area contributed by atoms with Gasteiger partial charge in [-0.1, -0.05) is 25.7 Å². The predicted octanol–water partition coefficient (Wildman–Crippen LogP) is 1.18. The number of hydrogen-bond donors (Lipinski definition) is 4. The summed E-state index contributed by atoms with van der Waals surface area (Å²) in [6, 6.07) is 0. The van der Waals surface area contributed by atoms with Crippen LogP contribution in [0.1, 0.15) is 32.1 Å². The fourth-order valence-electron chi connectivity index (χ4n) is 3.40. The quantitative estimate of drug-likeness (QED) is 0.177. The first kappa shape index (κ1) is 23.0. The van der Waals surface area contributed by atoms with E-state index < -0.39 is 17.6 Å². The van der Waals surface area contributed by atoms with Crippen molar-refractivity contribution in [3.63, 3.8) is 0 Å². The molecule has 1 heterocycles. The summed E-state index contributed by atoms with van der Waals surface area (Å²) in [4.78, 5) is 32.2. The van der Waals surface area contributed by atoms with Gasteiger partial charge >= 0.3 is 0 Å². The molecule has 0 spiro atoms. The Hall–Kier alpha value is -2.24. The number of aromatic nitrogens is 2. The standard InChI is InChI=1S/C17H26ClFN6O4/c1-24(6-7-26)15-13(19)14(20-17(18)21-15)22-23-16(28)12(9-25(29)10-27)8-11-4-2-3-5-11/h10-12,26,29H,2-9H2,1H3,(H,23,28)(H,20,21,22)/t12-/m1/s1. The highest BCUT2D eigenvalue weighted by molar-refractivity contribution is 6.28. The van der Waals surface area contributed by atoms with Gasteiger partial charge in [0.1, 0.15) is 0 Å². The van der Waals surface area contributed by atoms with E-state index in [4.69, 9.17) is 16.7 Å². The number of carbonyl (C=O) groups is 2. The number of carbonyl (C=O) groups excluding carboxylic acids is 2. The molecule has 12 heteroatoms. The Kier molecular flexibility index (Phi) is 8.80. The molecule has 4 N–H and O–H groups in total. The Labute approximate surface area is 173 Å². The van der Waals surface area contributed by atoms with E-state index in [1.54, 1.807) is 0 Å². The van der Waals surface area contributed by atoms with Crippen LogP contribution in [-0.4, -0.2) is 64.4 Å². The lowest BCUT2D eigenvalue weighted by molar-refractivity contribution is -0.154. The summed E-state index contributed by atoms with van der Waals surface area (Å²) in [7, 11) is 1.52. The Morgan fingerprint density at radius 1 is 1.41 bits per heavy atom. The molecule has 0 radical (unpaired) electrons. The Balaban J connectivity index is 2.08. The lowest BCUT2D eigenvalue weighted by Gasteiger charge is -2.23. The third kappa shape index (κ3) is 6.65. The van der Waals surface area contributed by atoms with Crippen LogP contribution in [0.2, 0.25) is 5.28 Å². The monoisotopic (exact) mass is 432 g/mol. The average Bonchev–Trinajstić information content (AvgIpc) is 3.20. The number of nitrogens with zero attached hydrogens (tertiary/aromatic N) is 4. The van der Waals surface area contributed by atoms with Gasteiger partial charge in [-0.25, -0.2) is 5.06 Å². The number of aliphatic hydroxyl groups is 1. The largest absolute Gasteiger partial charge is 0.395 e. The zero-order valence-corrected chi connectivity index (χ0v) is 16.9. The van der Waals surface area contributed by atoms with Crippen LogP contribution in [0.4, 0.5) is 16.0 Å². The first-order valence-corrected chi connectivity index (χ1v) is 9.75. The summed E-state index contributed by atoms with van der Waals surface area (Å²) in [5.41, 5.74) is 4.77. The van der Waals surface area contributed by atoms with Crippen LogP contribution >= 0.6 is 11.6 Å². The molecule has 1 aliphatic carbocycles. The summed E-state index contributed by atoms with van der Waals surface area (Å²) in [6.45, 7) is -0.267. The van der Waals surface area contributed by atoms with Crippen molar-refractivity contribution in [2.24, 2.45) is 11.8 Å². The Morgan fingerprint density at radius 2 is 2.10 bits per heavy atom. The van der Waals surface area contributed by atoms with E-state index in [1.807, 2.05) is 0 Å². The molecular weight excluding hydrogens is 407 g/mol. The molecule has 1 saturated carbocycles. The van der Waals surface area contributed by atoms with Crippen LogP contribution < -0.4 is 15.8 Å². The molecule has 1 aromatic heterocycles. The van der Waals surface area contributed by atoms with Gasteiger partial charge < -0.3 is 10.0 Å². The maximum Gasteiger partial charge on any atom is 0.243 e. The molecule has 2 amide bonds. The maximum absolute atomic E-state index is 14.7. The third-order valence-electron chi connectivity index (χ3n) is 4.90. The number of nitrogens with one attached hydrogen (secondary N) is 2. The number of halogens is 2. The molecule has 29 heavy (non-hydrogen) atoms. The summed E-state index contributed by atoms with van der Waals surface area (Å²) >= 11 is 5.84. The fraction of sp³-hybridized carbons (Fsp3) is 0.647. The molecule has 1 fully saturated rings. The number of anilines is 2. The van der Waals surface area contributed by atoms with Gasteiger partial charge in [0, 0.05) is 13.6 Å². The minimum Gasteiger partial charge on any atom is -0.395 e. The second kappa shape index (κ2) is 11.1. The zero-order chi connectivity index (χ0) is 21.4. The molecule has 1 aliphatic rings. The number of amides is 2. The summed E-state index contributed by atoms with van der Waals surface area (Å²) in [5.74, 6) is -2.20. The highest BCUT2D eigenvalue weighted by Gasteiger charge is 2.27. The Bertz CT molecular complexity index is 707. The molecule has 2 rings (SSSR count). The fourth-order valence-corrected chi connectivity index (χ4v) is 3.57. The molecule has 10 nitrogen and oxygen atoms in total. The highest BCUT2D eigenvalue weighted by atomic mass is 35.5. The van der Waals surface area contributed by atoms with Crippen LogP contribution in [0.3, 0.4) is 0 Å².